The highest BCUT2D eigenvalue weighted by Gasteiger charge is 2.33. The molecule has 1 aliphatic rings. The first kappa shape index (κ1) is 19.3. The third-order valence-electron chi connectivity index (χ3n) is 5.17. The van der Waals surface area contributed by atoms with Crippen LogP contribution in [0.4, 0.5) is 10.5 Å². The summed E-state index contributed by atoms with van der Waals surface area (Å²) in [5, 5.41) is 3.69. The molecule has 3 aromatic carbocycles. The molecule has 0 radical (unpaired) electrons. The SMILES string of the molecule is CCOc1ccccc1NC(=O)N1CCc2ccccc2[C@@H]1c1ccccc1Cl. The van der Waals surface area contributed by atoms with E-state index >= 15 is 0 Å². The number of fused-ring (bicyclic) bond motifs is 1. The van der Waals surface area contributed by atoms with Crippen molar-refractivity contribution in [3.05, 3.63) is 94.5 Å². The van der Waals surface area contributed by atoms with E-state index in [1.54, 1.807) is 0 Å². The molecule has 4 nitrogen and oxygen atoms in total. The number of nitrogens with one attached hydrogen (secondary N) is 1. The first-order valence-corrected chi connectivity index (χ1v) is 10.2. The second-order valence-corrected chi connectivity index (χ2v) is 7.33. The molecule has 1 aliphatic heterocycles. The number of hydrogen-bond acceptors (Lipinski definition) is 2. The van der Waals surface area contributed by atoms with Crippen molar-refractivity contribution >= 4 is 23.3 Å². The second-order valence-electron chi connectivity index (χ2n) is 6.93. The lowest BCUT2D eigenvalue weighted by molar-refractivity contribution is 0.194. The van der Waals surface area contributed by atoms with E-state index < -0.39 is 0 Å². The third-order valence-corrected chi connectivity index (χ3v) is 5.52. The molecule has 3 aromatic rings. The predicted octanol–water partition coefficient (Wildman–Crippen LogP) is 5.92. The summed E-state index contributed by atoms with van der Waals surface area (Å²) < 4.78 is 5.66. The van der Waals surface area contributed by atoms with E-state index in [1.807, 2.05) is 72.5 Å². The summed E-state index contributed by atoms with van der Waals surface area (Å²) in [5.74, 6) is 0.662. The lowest BCUT2D eigenvalue weighted by Crippen LogP contribution is -2.43. The maximum absolute atomic E-state index is 13.3. The fourth-order valence-electron chi connectivity index (χ4n) is 3.86. The molecule has 0 aromatic heterocycles. The van der Waals surface area contributed by atoms with Crippen LogP contribution in [0.25, 0.3) is 0 Å². The molecular formula is C24H23ClN2O2. The lowest BCUT2D eigenvalue weighted by Gasteiger charge is -2.38. The molecule has 29 heavy (non-hydrogen) atoms. The summed E-state index contributed by atoms with van der Waals surface area (Å²) in [5.41, 5.74) is 3.95. The van der Waals surface area contributed by atoms with E-state index in [0.717, 1.165) is 17.5 Å². The summed E-state index contributed by atoms with van der Waals surface area (Å²) in [6.45, 7) is 3.06. The van der Waals surface area contributed by atoms with Gasteiger partial charge < -0.3 is 15.0 Å². The zero-order valence-corrected chi connectivity index (χ0v) is 17.0. The average Bonchev–Trinajstić information content (AvgIpc) is 2.75. The minimum Gasteiger partial charge on any atom is -0.492 e. The number of urea groups is 1. The molecule has 1 atom stereocenters. The number of carbonyl (C=O) groups is 1. The van der Waals surface area contributed by atoms with Crippen LogP contribution in [-0.4, -0.2) is 24.1 Å². The van der Waals surface area contributed by atoms with Gasteiger partial charge in [-0.25, -0.2) is 4.79 Å². The summed E-state index contributed by atoms with van der Waals surface area (Å²) in [6, 6.07) is 23.0. The van der Waals surface area contributed by atoms with Crippen LogP contribution in [0.2, 0.25) is 5.02 Å². The first-order chi connectivity index (χ1) is 14.2. The number of carbonyl (C=O) groups excluding carboxylic acids is 1. The third kappa shape index (κ3) is 3.94. The van der Waals surface area contributed by atoms with E-state index in [4.69, 9.17) is 16.3 Å². The lowest BCUT2D eigenvalue weighted by atomic mass is 9.88. The van der Waals surface area contributed by atoms with E-state index in [9.17, 15) is 4.79 Å². The molecule has 148 valence electrons. The molecule has 0 saturated heterocycles. The van der Waals surface area contributed by atoms with Gasteiger partial charge >= 0.3 is 6.03 Å². The zero-order valence-electron chi connectivity index (χ0n) is 16.3. The molecule has 0 fully saturated rings. The molecule has 1 N–H and O–H groups in total. The van der Waals surface area contributed by atoms with Gasteiger partial charge in [0.25, 0.3) is 0 Å². The molecule has 2 amide bonds. The number of nitrogens with zero attached hydrogens (tertiary/aromatic N) is 1. The quantitative estimate of drug-likeness (QED) is 0.584. The van der Waals surface area contributed by atoms with E-state index in [-0.39, 0.29) is 12.1 Å². The summed E-state index contributed by atoms with van der Waals surface area (Å²) >= 11 is 6.54. The number of ether oxygens (including phenoxy) is 1. The van der Waals surface area contributed by atoms with Crippen LogP contribution in [0.3, 0.4) is 0 Å². The number of halogens is 1. The topological polar surface area (TPSA) is 41.6 Å². The van der Waals surface area contributed by atoms with Crippen LogP contribution < -0.4 is 10.1 Å². The van der Waals surface area contributed by atoms with Gasteiger partial charge in [-0.15, -0.1) is 0 Å². The van der Waals surface area contributed by atoms with Crippen LogP contribution in [-0.2, 0) is 6.42 Å². The molecule has 5 heteroatoms. The van der Waals surface area contributed by atoms with Crippen molar-refractivity contribution in [2.45, 2.75) is 19.4 Å². The van der Waals surface area contributed by atoms with Gasteiger partial charge in [-0.2, -0.15) is 0 Å². The normalized spacial score (nSPS) is 15.5. The monoisotopic (exact) mass is 406 g/mol. The number of para-hydroxylation sites is 2. The number of rotatable bonds is 4. The Bertz CT molecular complexity index is 1020. The number of amides is 2. The van der Waals surface area contributed by atoms with E-state index in [2.05, 4.69) is 17.4 Å². The average molecular weight is 407 g/mol. The molecule has 0 saturated carbocycles. The highest BCUT2D eigenvalue weighted by Crippen LogP contribution is 2.38. The standard InChI is InChI=1S/C24H23ClN2O2/c1-2-29-22-14-8-7-13-21(22)26-24(28)27-16-15-17-9-3-4-10-18(17)23(27)19-11-5-6-12-20(19)25/h3-14,23H,2,15-16H2,1H3,(H,26,28)/t23-/m1/s1. The van der Waals surface area contributed by atoms with Crippen molar-refractivity contribution in [3.8, 4) is 5.75 Å². The Morgan fingerprint density at radius 3 is 2.52 bits per heavy atom. The highest BCUT2D eigenvalue weighted by molar-refractivity contribution is 6.31. The van der Waals surface area contributed by atoms with Gasteiger partial charge in [-0.05, 0) is 48.2 Å². The summed E-state index contributed by atoms with van der Waals surface area (Å²) in [4.78, 5) is 15.2. The maximum atomic E-state index is 13.3. The van der Waals surface area contributed by atoms with Crippen LogP contribution in [0.5, 0.6) is 5.75 Å². The van der Waals surface area contributed by atoms with Crippen LogP contribution in [0, 0.1) is 0 Å². The van der Waals surface area contributed by atoms with Crippen molar-refractivity contribution < 1.29 is 9.53 Å². The fourth-order valence-corrected chi connectivity index (χ4v) is 4.09. The Hall–Kier alpha value is -2.98. The second kappa shape index (κ2) is 8.58. The Labute approximate surface area is 176 Å². The van der Waals surface area contributed by atoms with Crippen molar-refractivity contribution in [3.63, 3.8) is 0 Å². The minimum absolute atomic E-state index is 0.170. The summed E-state index contributed by atoms with van der Waals surface area (Å²) in [7, 11) is 0. The van der Waals surface area contributed by atoms with Gasteiger partial charge in [-0.3, -0.25) is 0 Å². The van der Waals surface area contributed by atoms with E-state index in [0.29, 0.717) is 29.6 Å². The number of hydrogen-bond donors (Lipinski definition) is 1. The Balaban J connectivity index is 1.71. The van der Waals surface area contributed by atoms with Gasteiger partial charge in [0, 0.05) is 11.6 Å². The largest absolute Gasteiger partial charge is 0.492 e. The fraction of sp³-hybridized carbons (Fsp3) is 0.208. The van der Waals surface area contributed by atoms with Gasteiger partial charge in [0.05, 0.1) is 18.3 Å². The van der Waals surface area contributed by atoms with Crippen molar-refractivity contribution in [2.75, 3.05) is 18.5 Å². The maximum Gasteiger partial charge on any atom is 0.322 e. The highest BCUT2D eigenvalue weighted by atomic mass is 35.5. The number of benzene rings is 3. The van der Waals surface area contributed by atoms with Gasteiger partial charge in [0.2, 0.25) is 0 Å². The molecule has 0 bridgehead atoms. The Kier molecular flexibility index (Phi) is 5.72. The van der Waals surface area contributed by atoms with Crippen molar-refractivity contribution in [2.24, 2.45) is 0 Å². The molecule has 0 unspecified atom stereocenters. The molecule has 1 heterocycles. The van der Waals surface area contributed by atoms with E-state index in [1.165, 1.54) is 5.56 Å². The van der Waals surface area contributed by atoms with Crippen LogP contribution >= 0.6 is 11.6 Å². The zero-order chi connectivity index (χ0) is 20.2. The van der Waals surface area contributed by atoms with Crippen LogP contribution in [0.15, 0.2) is 72.8 Å². The smallest absolute Gasteiger partial charge is 0.322 e. The van der Waals surface area contributed by atoms with Crippen molar-refractivity contribution in [1.82, 2.24) is 4.90 Å². The molecular weight excluding hydrogens is 384 g/mol. The van der Waals surface area contributed by atoms with Crippen LogP contribution in [0.1, 0.15) is 29.7 Å². The molecule has 0 spiro atoms. The Morgan fingerprint density at radius 1 is 1.03 bits per heavy atom. The Morgan fingerprint density at radius 2 is 1.72 bits per heavy atom. The van der Waals surface area contributed by atoms with Crippen molar-refractivity contribution in [1.29, 1.82) is 0 Å². The first-order valence-electron chi connectivity index (χ1n) is 9.80. The predicted molar refractivity (Wildman–Crippen MR) is 117 cm³/mol. The number of anilines is 1. The van der Waals surface area contributed by atoms with Gasteiger partial charge in [-0.1, -0.05) is 66.2 Å². The van der Waals surface area contributed by atoms with Gasteiger partial charge in [0.15, 0.2) is 0 Å². The minimum atomic E-state index is -0.243. The molecule has 4 rings (SSSR count). The molecule has 0 aliphatic carbocycles. The summed E-state index contributed by atoms with van der Waals surface area (Å²) in [6.07, 6.45) is 0.803. The van der Waals surface area contributed by atoms with Gasteiger partial charge in [0.1, 0.15) is 5.75 Å².